The quantitative estimate of drug-likeness (QED) is 0.302. The average Bonchev–Trinajstić information content (AvgIpc) is 2.18. The molecule has 0 heterocycles. The van der Waals surface area contributed by atoms with Crippen molar-refractivity contribution in [2.75, 3.05) is 13.1 Å². The Bertz CT molecular complexity index is 191. The Hall–Kier alpha value is -1.26. The minimum atomic E-state index is -1.22. The fourth-order valence-corrected chi connectivity index (χ4v) is 0.626. The van der Waals surface area contributed by atoms with Crippen LogP contribution < -0.4 is 39.7 Å². The van der Waals surface area contributed by atoms with Crippen LogP contribution in [0.1, 0.15) is 19.3 Å². The fraction of sp³-hybridized carbons (Fsp3) is 0.750. The molecule has 9 heteroatoms. The summed E-state index contributed by atoms with van der Waals surface area (Å²) in [6, 6.07) is -0.827. The summed E-state index contributed by atoms with van der Waals surface area (Å²) in [5.74, 6) is -2.40. The van der Waals surface area contributed by atoms with Crippen LogP contribution in [-0.4, -0.2) is 31.1 Å². The Labute approximate surface area is 101 Å². The number of quaternary nitrogens is 2. The first kappa shape index (κ1) is 24.8. The second kappa shape index (κ2) is 17.1. The molecule has 9 nitrogen and oxygen atoms in total. The van der Waals surface area contributed by atoms with Gasteiger partial charge in [0.25, 0.3) is 0 Å². The van der Waals surface area contributed by atoms with Crippen LogP contribution in [0.5, 0.6) is 0 Å². The number of nitrogens with two attached hydrogens (primary N) is 3. The predicted molar refractivity (Wildman–Crippen MR) is 61.9 cm³/mol. The number of carbonyl (C=O) groups excluding carboxylic acids is 2. The zero-order valence-corrected chi connectivity index (χ0v) is 10.5. The highest BCUT2D eigenvalue weighted by molar-refractivity contribution is 5.70. The summed E-state index contributed by atoms with van der Waals surface area (Å²) >= 11 is 0. The van der Waals surface area contributed by atoms with Crippen molar-refractivity contribution in [3.63, 3.8) is 0 Å². The summed E-state index contributed by atoms with van der Waals surface area (Å²) in [6.45, 7) is 0.194. The zero-order valence-electron chi connectivity index (χ0n) is 10.5. The molecule has 0 amide bonds. The third-order valence-electron chi connectivity index (χ3n) is 1.44. The standard InChI is InChI=1S/C6H14N2O2.C2H5NO2.2H3N/c7-4-2-1-3-5(8)6(9)10;3-1-2(4)5;;/h5H,1-4,7-8H2,(H,9,10);1,3H2,(H,4,5);2*1H3/t5-;;;/m0.../s1. The number of hydrogen-bond donors (Lipinski definition) is 5. The lowest BCUT2D eigenvalue weighted by Crippen LogP contribution is -2.41. The topological polar surface area (TPSA) is 231 Å². The highest BCUT2D eigenvalue weighted by atomic mass is 16.4. The summed E-state index contributed by atoms with van der Waals surface area (Å²) in [5, 5.41) is 19.2. The maximum absolute atomic E-state index is 10.0. The van der Waals surface area contributed by atoms with Crippen molar-refractivity contribution >= 4 is 11.9 Å². The van der Waals surface area contributed by atoms with Gasteiger partial charge in [-0.05, 0) is 19.4 Å². The minimum absolute atomic E-state index is 0. The normalized spacial score (nSPS) is 9.82. The van der Waals surface area contributed by atoms with E-state index in [1.165, 1.54) is 0 Å². The first-order valence-corrected chi connectivity index (χ1v) is 4.52. The molecule has 0 radical (unpaired) electrons. The first-order valence-electron chi connectivity index (χ1n) is 4.52. The van der Waals surface area contributed by atoms with E-state index in [1.807, 2.05) is 0 Å². The molecular formula is C8H25N5O4. The molecule has 0 bridgehead atoms. The molecule has 106 valence electrons. The van der Waals surface area contributed by atoms with Gasteiger partial charge in [0.1, 0.15) is 0 Å². The van der Waals surface area contributed by atoms with Gasteiger partial charge in [-0.15, -0.1) is 0 Å². The van der Waals surface area contributed by atoms with Gasteiger partial charge in [0.15, 0.2) is 0 Å². The monoisotopic (exact) mass is 255 g/mol. The van der Waals surface area contributed by atoms with Gasteiger partial charge in [-0.3, -0.25) is 0 Å². The molecule has 0 aliphatic heterocycles. The molecule has 0 aromatic heterocycles. The van der Waals surface area contributed by atoms with Crippen molar-refractivity contribution in [3.05, 3.63) is 0 Å². The summed E-state index contributed by atoms with van der Waals surface area (Å²) in [7, 11) is 0. The Kier molecular flexibility index (Phi) is 25.0. The Balaban J connectivity index is -0.000000105. The summed E-state index contributed by atoms with van der Waals surface area (Å²) < 4.78 is 0. The van der Waals surface area contributed by atoms with Gasteiger partial charge in [0, 0.05) is 12.6 Å². The molecule has 0 unspecified atom stereocenters. The molecule has 0 aromatic carbocycles. The van der Waals surface area contributed by atoms with E-state index in [0.717, 1.165) is 12.8 Å². The van der Waals surface area contributed by atoms with Crippen LogP contribution in [-0.2, 0) is 9.59 Å². The molecule has 0 spiro atoms. The van der Waals surface area contributed by atoms with E-state index >= 15 is 0 Å². The van der Waals surface area contributed by atoms with Crippen LogP contribution in [0, 0.1) is 0 Å². The minimum Gasteiger partial charge on any atom is -0.549 e. The Morgan fingerprint density at radius 2 is 1.47 bits per heavy atom. The molecule has 0 rings (SSSR count). The van der Waals surface area contributed by atoms with Crippen LogP contribution in [0.4, 0.5) is 0 Å². The van der Waals surface area contributed by atoms with E-state index in [2.05, 4.69) is 5.73 Å². The highest BCUT2D eigenvalue weighted by Crippen LogP contribution is 1.95. The van der Waals surface area contributed by atoms with Crippen LogP contribution >= 0.6 is 0 Å². The third kappa shape index (κ3) is 25.2. The molecular weight excluding hydrogens is 230 g/mol. The van der Waals surface area contributed by atoms with Gasteiger partial charge in [-0.1, -0.05) is 6.42 Å². The molecule has 0 fully saturated rings. The average molecular weight is 255 g/mol. The Morgan fingerprint density at radius 1 is 1.06 bits per heavy atom. The van der Waals surface area contributed by atoms with Crippen molar-refractivity contribution < 1.29 is 19.8 Å². The molecule has 17 heavy (non-hydrogen) atoms. The van der Waals surface area contributed by atoms with Gasteiger partial charge in [0.05, 0.1) is 11.9 Å². The molecule has 0 aliphatic carbocycles. The molecule has 14 N–H and O–H groups in total. The van der Waals surface area contributed by atoms with Crippen LogP contribution in [0.15, 0.2) is 0 Å². The lowest BCUT2D eigenvalue weighted by molar-refractivity contribution is -0.308. The zero-order chi connectivity index (χ0) is 12.3. The maximum atomic E-state index is 10.0. The van der Waals surface area contributed by atoms with Crippen molar-refractivity contribution in [3.8, 4) is 0 Å². The number of unbranched alkanes of at least 4 members (excludes halogenated alkanes) is 1. The lowest BCUT2D eigenvalue weighted by atomic mass is 10.1. The van der Waals surface area contributed by atoms with E-state index in [-0.39, 0.29) is 18.8 Å². The Morgan fingerprint density at radius 3 is 1.71 bits per heavy atom. The molecule has 0 aromatic rings. The van der Waals surface area contributed by atoms with Gasteiger partial charge in [-0.2, -0.15) is 0 Å². The van der Waals surface area contributed by atoms with Crippen molar-refractivity contribution in [2.45, 2.75) is 25.3 Å². The van der Waals surface area contributed by atoms with Gasteiger partial charge in [0.2, 0.25) is 0 Å². The number of carboxylic acids is 2. The van der Waals surface area contributed by atoms with E-state index in [0.29, 0.717) is 13.0 Å². The van der Waals surface area contributed by atoms with Gasteiger partial charge >= 0.3 is 0 Å². The van der Waals surface area contributed by atoms with Crippen molar-refractivity contribution in [2.24, 2.45) is 17.2 Å². The summed E-state index contributed by atoms with van der Waals surface area (Å²) in [6.07, 6.45) is 2.03. The first-order chi connectivity index (χ1) is 6.95. The van der Waals surface area contributed by atoms with Gasteiger partial charge < -0.3 is 49.3 Å². The largest absolute Gasteiger partial charge is 0.549 e. The van der Waals surface area contributed by atoms with Crippen molar-refractivity contribution in [1.82, 2.24) is 12.3 Å². The predicted octanol–water partition coefficient (Wildman–Crippen LogP) is -3.36. The maximum Gasteiger partial charge on any atom is 0.0582 e. The van der Waals surface area contributed by atoms with Crippen LogP contribution in [0.25, 0.3) is 0 Å². The van der Waals surface area contributed by atoms with Crippen LogP contribution in [0.2, 0.25) is 0 Å². The lowest BCUT2D eigenvalue weighted by Gasteiger charge is -2.10. The third-order valence-corrected chi connectivity index (χ3v) is 1.44. The molecule has 0 saturated carbocycles. The van der Waals surface area contributed by atoms with E-state index < -0.39 is 18.0 Å². The summed E-state index contributed by atoms with van der Waals surface area (Å²) in [4.78, 5) is 19.2. The molecule has 0 saturated heterocycles. The SMILES string of the molecule is NCC(=O)[O-].NCCCC[C@H](N)C(=O)[O-].[NH4+].[NH4+]. The number of aliphatic carboxylic acids is 2. The molecule has 0 aliphatic rings. The second-order valence-corrected chi connectivity index (χ2v) is 2.79. The summed E-state index contributed by atoms with van der Waals surface area (Å²) in [5.41, 5.74) is 14.9. The number of rotatable bonds is 6. The second-order valence-electron chi connectivity index (χ2n) is 2.79. The smallest absolute Gasteiger partial charge is 0.0582 e. The molecule has 1 atom stereocenters. The number of carboxylic acid groups (broad SMARTS) is 2. The van der Waals surface area contributed by atoms with Crippen LogP contribution in [0.3, 0.4) is 0 Å². The number of hydrogen-bond acceptors (Lipinski definition) is 7. The van der Waals surface area contributed by atoms with E-state index in [9.17, 15) is 9.90 Å². The van der Waals surface area contributed by atoms with E-state index in [4.69, 9.17) is 21.4 Å². The number of carbonyl (C=O) groups is 2. The van der Waals surface area contributed by atoms with E-state index in [1.54, 1.807) is 0 Å². The van der Waals surface area contributed by atoms with Crippen molar-refractivity contribution in [1.29, 1.82) is 0 Å². The highest BCUT2D eigenvalue weighted by Gasteiger charge is 2.00. The van der Waals surface area contributed by atoms with Gasteiger partial charge in [-0.25, -0.2) is 0 Å². The fourth-order valence-electron chi connectivity index (χ4n) is 0.626.